The van der Waals surface area contributed by atoms with E-state index in [-0.39, 0.29) is 23.0 Å². The molecule has 1 heterocycles. The van der Waals surface area contributed by atoms with Gasteiger partial charge in [0.15, 0.2) is 0 Å². The molecule has 0 radical (unpaired) electrons. The smallest absolute Gasteiger partial charge is 0.416 e. The first-order valence-corrected chi connectivity index (χ1v) is 9.95. The molecule has 0 aromatic heterocycles. The molecule has 0 amide bonds. The molecule has 1 fully saturated rings. The van der Waals surface area contributed by atoms with Gasteiger partial charge in [0.1, 0.15) is 11.4 Å². The number of rotatable bonds is 6. The maximum atomic E-state index is 13.4. The maximum Gasteiger partial charge on any atom is 0.416 e. The lowest BCUT2D eigenvalue weighted by Crippen LogP contribution is -2.30. The molecule has 1 aromatic carbocycles. The van der Waals surface area contributed by atoms with Crippen molar-refractivity contribution in [2.45, 2.75) is 45.5 Å². The zero-order valence-electron chi connectivity index (χ0n) is 15.0. The van der Waals surface area contributed by atoms with E-state index in [0.717, 1.165) is 6.07 Å². The molecule has 1 atom stereocenters. The van der Waals surface area contributed by atoms with E-state index in [4.69, 9.17) is 9.47 Å². The van der Waals surface area contributed by atoms with Crippen LogP contribution in [0.3, 0.4) is 0 Å². The molecular formula is C17H24F3NO4S. The summed E-state index contributed by atoms with van der Waals surface area (Å²) in [5, 5.41) is 0. The number of halogens is 3. The SMILES string of the molecule is CC(C)(C)Oc1ccc(CNS(=O)(=O)CC2CCOC2)c(C(F)(F)F)c1. The fourth-order valence-corrected chi connectivity index (χ4v) is 4.04. The number of ether oxygens (including phenoxy) is 2. The van der Waals surface area contributed by atoms with Gasteiger partial charge in [-0.25, -0.2) is 13.1 Å². The van der Waals surface area contributed by atoms with Crippen molar-refractivity contribution in [2.24, 2.45) is 5.92 Å². The predicted octanol–water partition coefficient (Wildman–Crippen LogP) is 3.34. The number of alkyl halides is 3. The van der Waals surface area contributed by atoms with Crippen molar-refractivity contribution in [1.29, 1.82) is 0 Å². The molecular weight excluding hydrogens is 371 g/mol. The van der Waals surface area contributed by atoms with Crippen LogP contribution in [0.15, 0.2) is 18.2 Å². The molecule has 2 rings (SSSR count). The van der Waals surface area contributed by atoms with Gasteiger partial charge >= 0.3 is 6.18 Å². The number of benzene rings is 1. The lowest BCUT2D eigenvalue weighted by molar-refractivity contribution is -0.138. The van der Waals surface area contributed by atoms with Crippen LogP contribution in [0.2, 0.25) is 0 Å². The number of hydrogen-bond donors (Lipinski definition) is 1. The minimum atomic E-state index is -4.61. The standard InChI is InChI=1S/C17H24F3NO4S/c1-16(2,3)25-14-5-4-13(15(8-14)17(18,19)20)9-21-26(22,23)11-12-6-7-24-10-12/h4-5,8,12,21H,6-7,9-11H2,1-3H3. The summed E-state index contributed by atoms with van der Waals surface area (Å²) in [7, 11) is -3.69. The lowest BCUT2D eigenvalue weighted by Gasteiger charge is -2.23. The van der Waals surface area contributed by atoms with Crippen molar-refractivity contribution < 1.29 is 31.1 Å². The summed E-state index contributed by atoms with van der Waals surface area (Å²) in [5.74, 6) is -0.198. The molecule has 9 heteroatoms. The Bertz CT molecular complexity index is 721. The summed E-state index contributed by atoms with van der Waals surface area (Å²) in [6.07, 6.45) is -3.98. The third-order valence-corrected chi connectivity index (χ3v) is 5.27. The zero-order valence-corrected chi connectivity index (χ0v) is 15.8. The second-order valence-electron chi connectivity index (χ2n) is 7.36. The molecule has 0 spiro atoms. The van der Waals surface area contributed by atoms with Crippen LogP contribution >= 0.6 is 0 Å². The quantitative estimate of drug-likeness (QED) is 0.802. The number of nitrogens with one attached hydrogen (secondary N) is 1. The highest BCUT2D eigenvalue weighted by molar-refractivity contribution is 7.89. The molecule has 1 N–H and O–H groups in total. The predicted molar refractivity (Wildman–Crippen MR) is 91.4 cm³/mol. The van der Waals surface area contributed by atoms with Gasteiger partial charge in [-0.2, -0.15) is 13.2 Å². The van der Waals surface area contributed by atoms with E-state index in [9.17, 15) is 21.6 Å². The largest absolute Gasteiger partial charge is 0.488 e. The summed E-state index contributed by atoms with van der Waals surface area (Å²) in [6.45, 7) is 5.63. The fourth-order valence-electron chi connectivity index (χ4n) is 2.66. The van der Waals surface area contributed by atoms with E-state index in [0.29, 0.717) is 19.6 Å². The minimum absolute atomic E-state index is 0.0829. The molecule has 1 aliphatic rings. The van der Waals surface area contributed by atoms with Crippen molar-refractivity contribution in [1.82, 2.24) is 4.72 Å². The van der Waals surface area contributed by atoms with Gasteiger partial charge in [0.25, 0.3) is 0 Å². The third kappa shape index (κ3) is 6.44. The Kier molecular flexibility index (Phi) is 6.24. The van der Waals surface area contributed by atoms with Gasteiger partial charge in [0.2, 0.25) is 10.0 Å². The normalized spacial score (nSPS) is 18.9. The second-order valence-corrected chi connectivity index (χ2v) is 9.21. The van der Waals surface area contributed by atoms with Gasteiger partial charge in [-0.15, -0.1) is 0 Å². The van der Waals surface area contributed by atoms with Crippen LogP contribution in [0, 0.1) is 5.92 Å². The van der Waals surface area contributed by atoms with Gasteiger partial charge in [-0.05, 0) is 50.8 Å². The number of hydrogen-bond acceptors (Lipinski definition) is 4. The average Bonchev–Trinajstić information content (AvgIpc) is 2.95. The van der Waals surface area contributed by atoms with Gasteiger partial charge in [-0.1, -0.05) is 6.07 Å². The molecule has 0 bridgehead atoms. The molecule has 1 aliphatic heterocycles. The Labute approximate surface area is 151 Å². The Morgan fingerprint density at radius 3 is 2.50 bits per heavy atom. The highest BCUT2D eigenvalue weighted by atomic mass is 32.2. The first-order chi connectivity index (χ1) is 11.9. The summed E-state index contributed by atoms with van der Waals surface area (Å²) in [5.41, 5.74) is -1.70. The van der Waals surface area contributed by atoms with Gasteiger partial charge < -0.3 is 9.47 Å². The zero-order chi connectivity index (χ0) is 19.6. The first-order valence-electron chi connectivity index (χ1n) is 8.30. The van der Waals surface area contributed by atoms with Crippen molar-refractivity contribution in [3.8, 4) is 5.75 Å². The molecule has 1 saturated heterocycles. The van der Waals surface area contributed by atoms with Gasteiger partial charge in [-0.3, -0.25) is 0 Å². The topological polar surface area (TPSA) is 64.6 Å². The third-order valence-electron chi connectivity index (χ3n) is 3.77. The van der Waals surface area contributed by atoms with Gasteiger partial charge in [0.05, 0.1) is 17.9 Å². The van der Waals surface area contributed by atoms with E-state index in [1.807, 2.05) is 0 Å². The lowest BCUT2D eigenvalue weighted by atomic mass is 10.1. The van der Waals surface area contributed by atoms with Crippen molar-refractivity contribution in [2.75, 3.05) is 19.0 Å². The molecule has 1 aromatic rings. The Hall–Kier alpha value is -1.32. The summed E-state index contributed by atoms with van der Waals surface area (Å²) < 4.78 is 77.1. The van der Waals surface area contributed by atoms with Gasteiger partial charge in [0, 0.05) is 13.2 Å². The Balaban J connectivity index is 2.14. The Morgan fingerprint density at radius 2 is 1.96 bits per heavy atom. The Morgan fingerprint density at radius 1 is 1.27 bits per heavy atom. The molecule has 26 heavy (non-hydrogen) atoms. The first kappa shape index (κ1) is 21.0. The van der Waals surface area contributed by atoms with Crippen molar-refractivity contribution >= 4 is 10.0 Å². The van der Waals surface area contributed by atoms with E-state index in [2.05, 4.69) is 4.72 Å². The monoisotopic (exact) mass is 395 g/mol. The summed E-state index contributed by atoms with van der Waals surface area (Å²) in [4.78, 5) is 0. The van der Waals surface area contributed by atoms with Crippen LogP contribution < -0.4 is 9.46 Å². The highest BCUT2D eigenvalue weighted by Crippen LogP contribution is 2.35. The molecule has 0 aliphatic carbocycles. The van der Waals surface area contributed by atoms with Crippen molar-refractivity contribution in [3.63, 3.8) is 0 Å². The number of sulfonamides is 1. The van der Waals surface area contributed by atoms with E-state index in [1.54, 1.807) is 20.8 Å². The maximum absolute atomic E-state index is 13.4. The molecule has 5 nitrogen and oxygen atoms in total. The van der Waals surface area contributed by atoms with E-state index in [1.165, 1.54) is 12.1 Å². The minimum Gasteiger partial charge on any atom is -0.488 e. The van der Waals surface area contributed by atoms with Crippen LogP contribution in [0.4, 0.5) is 13.2 Å². The van der Waals surface area contributed by atoms with Crippen LogP contribution in [-0.2, 0) is 27.5 Å². The average molecular weight is 395 g/mol. The summed E-state index contributed by atoms with van der Waals surface area (Å²) in [6, 6.07) is 3.56. The fraction of sp³-hybridized carbons (Fsp3) is 0.647. The van der Waals surface area contributed by atoms with Crippen LogP contribution in [-0.4, -0.2) is 33.0 Å². The van der Waals surface area contributed by atoms with Crippen LogP contribution in [0.1, 0.15) is 38.3 Å². The molecule has 148 valence electrons. The summed E-state index contributed by atoms with van der Waals surface area (Å²) >= 11 is 0. The van der Waals surface area contributed by atoms with Crippen molar-refractivity contribution in [3.05, 3.63) is 29.3 Å². The molecule has 0 saturated carbocycles. The van der Waals surface area contributed by atoms with Crippen LogP contribution in [0.5, 0.6) is 5.75 Å². The van der Waals surface area contributed by atoms with E-state index >= 15 is 0 Å². The highest BCUT2D eigenvalue weighted by Gasteiger charge is 2.34. The van der Waals surface area contributed by atoms with Crippen LogP contribution in [0.25, 0.3) is 0 Å². The van der Waals surface area contributed by atoms with E-state index < -0.39 is 33.9 Å². The second kappa shape index (κ2) is 7.74. The molecule has 1 unspecified atom stereocenters.